The van der Waals surface area contributed by atoms with Gasteiger partial charge in [-0.25, -0.2) is 9.97 Å². The third kappa shape index (κ3) is 2.91. The summed E-state index contributed by atoms with van der Waals surface area (Å²) in [5, 5.41) is 8.88. The van der Waals surface area contributed by atoms with Crippen LogP contribution in [0.1, 0.15) is 29.6 Å². The highest BCUT2D eigenvalue weighted by atomic mass is 15.1. The highest BCUT2D eigenvalue weighted by molar-refractivity contribution is 6.13. The molecule has 0 saturated heterocycles. The Morgan fingerprint density at radius 1 is 1.19 bits per heavy atom. The molecular formula is C26H24N6. The molecule has 6 nitrogen and oxygen atoms in total. The number of H-pyrrole nitrogens is 1. The summed E-state index contributed by atoms with van der Waals surface area (Å²) in [6.07, 6.45) is 10.6. The van der Waals surface area contributed by atoms with E-state index in [0.29, 0.717) is 28.9 Å². The van der Waals surface area contributed by atoms with Crippen LogP contribution in [0.25, 0.3) is 22.3 Å². The molecule has 0 amide bonds. The Morgan fingerprint density at radius 2 is 2.06 bits per heavy atom. The van der Waals surface area contributed by atoms with Crippen LogP contribution in [0.15, 0.2) is 67.2 Å². The number of aromatic amines is 1. The fourth-order valence-corrected chi connectivity index (χ4v) is 4.74. The Morgan fingerprint density at radius 3 is 2.84 bits per heavy atom. The van der Waals surface area contributed by atoms with Gasteiger partial charge in [0.15, 0.2) is 5.82 Å². The number of fused-ring (bicyclic) bond motifs is 2. The molecule has 2 aromatic heterocycles. The van der Waals surface area contributed by atoms with Crippen molar-refractivity contribution < 1.29 is 0 Å². The minimum Gasteiger partial charge on any atom is -0.398 e. The van der Waals surface area contributed by atoms with Gasteiger partial charge in [0.05, 0.1) is 23.2 Å². The van der Waals surface area contributed by atoms with E-state index in [1.807, 2.05) is 54.1 Å². The molecule has 32 heavy (non-hydrogen) atoms. The van der Waals surface area contributed by atoms with Crippen LogP contribution in [-0.4, -0.2) is 25.2 Å². The van der Waals surface area contributed by atoms with Gasteiger partial charge in [-0.15, -0.1) is 0 Å². The third-order valence-electron chi connectivity index (χ3n) is 6.76. The number of nitrogens with zero attached hydrogens (tertiary/aromatic N) is 3. The van der Waals surface area contributed by atoms with E-state index in [4.69, 9.17) is 16.1 Å². The van der Waals surface area contributed by atoms with Crippen LogP contribution in [0.4, 0.5) is 5.69 Å². The Kier molecular flexibility index (Phi) is 3.99. The average Bonchev–Trinajstić information content (AvgIpc) is 3.13. The van der Waals surface area contributed by atoms with Crippen molar-refractivity contribution in [1.82, 2.24) is 19.5 Å². The van der Waals surface area contributed by atoms with E-state index in [2.05, 4.69) is 35.1 Å². The molecule has 1 fully saturated rings. The first-order valence-electron chi connectivity index (χ1n) is 10.9. The highest BCUT2D eigenvalue weighted by Gasteiger charge is 2.44. The Balaban J connectivity index is 1.39. The minimum atomic E-state index is 0.284. The predicted octanol–water partition coefficient (Wildman–Crippen LogP) is 4.89. The fraction of sp³-hybridized carbons (Fsp3) is 0.192. The maximum absolute atomic E-state index is 8.88. The van der Waals surface area contributed by atoms with E-state index < -0.39 is 0 Å². The SMILES string of the molecule is Cc1cn(-c2cccc3[nH]c(C(=N)c4cc(C5=CC6C(C)C6C=C5)ccc4N)nc23)cn1. The van der Waals surface area contributed by atoms with Gasteiger partial charge in [-0.1, -0.05) is 37.3 Å². The molecule has 2 heterocycles. The molecule has 3 atom stereocenters. The van der Waals surface area contributed by atoms with E-state index in [1.165, 1.54) is 5.57 Å². The average molecular weight is 421 g/mol. The van der Waals surface area contributed by atoms with Crippen molar-refractivity contribution in [2.45, 2.75) is 13.8 Å². The van der Waals surface area contributed by atoms with Crippen LogP contribution in [-0.2, 0) is 0 Å². The Hall–Kier alpha value is -3.93. The van der Waals surface area contributed by atoms with E-state index in [0.717, 1.165) is 33.9 Å². The molecule has 1 saturated carbocycles. The van der Waals surface area contributed by atoms with Gasteiger partial charge in [0.2, 0.25) is 0 Å². The van der Waals surface area contributed by atoms with Crippen molar-refractivity contribution in [3.05, 3.63) is 89.8 Å². The molecule has 2 aliphatic carbocycles. The molecular weight excluding hydrogens is 396 g/mol. The molecule has 0 aliphatic heterocycles. The number of benzene rings is 2. The summed E-state index contributed by atoms with van der Waals surface area (Å²) < 4.78 is 1.95. The monoisotopic (exact) mass is 420 g/mol. The summed E-state index contributed by atoms with van der Waals surface area (Å²) in [5.41, 5.74) is 13.6. The predicted molar refractivity (Wildman–Crippen MR) is 128 cm³/mol. The number of para-hydroxylation sites is 1. The summed E-state index contributed by atoms with van der Waals surface area (Å²) >= 11 is 0. The lowest BCUT2D eigenvalue weighted by atomic mass is 9.96. The minimum absolute atomic E-state index is 0.284. The lowest BCUT2D eigenvalue weighted by Crippen LogP contribution is -2.08. The number of nitrogens with one attached hydrogen (secondary N) is 2. The van der Waals surface area contributed by atoms with Crippen LogP contribution >= 0.6 is 0 Å². The van der Waals surface area contributed by atoms with E-state index in [-0.39, 0.29) is 5.71 Å². The number of anilines is 1. The molecule has 2 aromatic carbocycles. The lowest BCUT2D eigenvalue weighted by Gasteiger charge is -2.11. The third-order valence-corrected chi connectivity index (χ3v) is 6.76. The second-order valence-corrected chi connectivity index (χ2v) is 8.85. The van der Waals surface area contributed by atoms with Gasteiger partial charge in [-0.05, 0) is 60.1 Å². The quantitative estimate of drug-likeness (QED) is 0.324. The number of imidazole rings is 2. The summed E-state index contributed by atoms with van der Waals surface area (Å²) in [4.78, 5) is 12.4. The summed E-state index contributed by atoms with van der Waals surface area (Å²) in [5.74, 6) is 2.54. The standard InChI is InChI=1S/C26H24N6/c1-14-12-32(13-29-14)23-5-3-4-22-25(23)31-26(30-22)24(28)20-11-17(7-9-21(20)27)16-6-8-18-15(2)19(18)10-16/h3-13,15,18-19,28H,27H2,1-2H3,(H,30,31). The van der Waals surface area contributed by atoms with Crippen molar-refractivity contribution in [2.75, 3.05) is 5.73 Å². The van der Waals surface area contributed by atoms with Crippen molar-refractivity contribution >= 4 is 28.0 Å². The highest BCUT2D eigenvalue weighted by Crippen LogP contribution is 2.51. The van der Waals surface area contributed by atoms with Crippen LogP contribution in [0.3, 0.4) is 0 Å². The molecule has 6 rings (SSSR count). The summed E-state index contributed by atoms with van der Waals surface area (Å²) in [6.45, 7) is 4.25. The van der Waals surface area contributed by atoms with Gasteiger partial charge in [-0.3, -0.25) is 5.41 Å². The second-order valence-electron chi connectivity index (χ2n) is 8.85. The first-order valence-corrected chi connectivity index (χ1v) is 10.9. The van der Waals surface area contributed by atoms with Crippen LogP contribution in [0.5, 0.6) is 0 Å². The number of aryl methyl sites for hydroxylation is 1. The van der Waals surface area contributed by atoms with Crippen LogP contribution < -0.4 is 5.73 Å². The number of nitrogens with two attached hydrogens (primary N) is 1. The van der Waals surface area contributed by atoms with Gasteiger partial charge >= 0.3 is 0 Å². The second kappa shape index (κ2) is 6.79. The van der Waals surface area contributed by atoms with Gasteiger partial charge in [0.1, 0.15) is 11.2 Å². The molecule has 4 aromatic rings. The number of hydrogen-bond acceptors (Lipinski definition) is 4. The molecule has 3 unspecified atom stereocenters. The zero-order valence-corrected chi connectivity index (χ0v) is 18.0. The van der Waals surface area contributed by atoms with Crippen molar-refractivity contribution in [1.29, 1.82) is 5.41 Å². The van der Waals surface area contributed by atoms with Crippen molar-refractivity contribution in [2.24, 2.45) is 17.8 Å². The zero-order chi connectivity index (χ0) is 22.0. The molecule has 0 spiro atoms. The first-order chi connectivity index (χ1) is 15.5. The van der Waals surface area contributed by atoms with E-state index >= 15 is 0 Å². The molecule has 0 bridgehead atoms. The van der Waals surface area contributed by atoms with Gasteiger partial charge in [-0.2, -0.15) is 0 Å². The number of allylic oxidation sites excluding steroid dienone is 4. The maximum Gasteiger partial charge on any atom is 0.157 e. The Bertz CT molecular complexity index is 1450. The van der Waals surface area contributed by atoms with E-state index in [1.54, 1.807) is 6.33 Å². The maximum atomic E-state index is 8.88. The lowest BCUT2D eigenvalue weighted by molar-refractivity contribution is 0.885. The zero-order valence-electron chi connectivity index (χ0n) is 18.0. The number of aromatic nitrogens is 4. The molecule has 6 heteroatoms. The topological polar surface area (TPSA) is 96.4 Å². The normalized spacial score (nSPS) is 21.4. The van der Waals surface area contributed by atoms with Crippen molar-refractivity contribution in [3.8, 4) is 5.69 Å². The summed E-state index contributed by atoms with van der Waals surface area (Å²) in [6, 6.07) is 11.9. The van der Waals surface area contributed by atoms with Gasteiger partial charge in [0, 0.05) is 17.4 Å². The largest absolute Gasteiger partial charge is 0.398 e. The van der Waals surface area contributed by atoms with Crippen LogP contribution in [0.2, 0.25) is 0 Å². The van der Waals surface area contributed by atoms with Crippen molar-refractivity contribution in [3.63, 3.8) is 0 Å². The molecule has 2 aliphatic rings. The van der Waals surface area contributed by atoms with Gasteiger partial charge < -0.3 is 15.3 Å². The van der Waals surface area contributed by atoms with Gasteiger partial charge in [0.25, 0.3) is 0 Å². The van der Waals surface area contributed by atoms with Crippen LogP contribution in [0, 0.1) is 30.1 Å². The smallest absolute Gasteiger partial charge is 0.157 e. The fourth-order valence-electron chi connectivity index (χ4n) is 4.74. The number of hydrogen-bond donors (Lipinski definition) is 3. The molecule has 0 radical (unpaired) electrons. The Labute approximate surface area is 186 Å². The first kappa shape index (κ1) is 18.8. The number of nitrogen functional groups attached to an aromatic ring is 1. The number of rotatable bonds is 4. The molecule has 158 valence electrons. The van der Waals surface area contributed by atoms with E-state index in [9.17, 15) is 0 Å². The summed E-state index contributed by atoms with van der Waals surface area (Å²) in [7, 11) is 0. The molecule has 4 N–H and O–H groups in total.